The van der Waals surface area contributed by atoms with Crippen molar-refractivity contribution in [2.24, 2.45) is 11.1 Å². The van der Waals surface area contributed by atoms with Gasteiger partial charge in [-0.05, 0) is 29.8 Å². The minimum atomic E-state index is -1.03. The molecule has 1 aromatic carbocycles. The SMILES string of the molecule is COC=C(C(=O)O)c1csc2ccc(CON=C(c3ccccn3)C(C)C)cc12. The summed E-state index contributed by atoms with van der Waals surface area (Å²) in [5.74, 6) is -0.872. The molecule has 0 bridgehead atoms. The third-order valence-corrected chi connectivity index (χ3v) is 5.23. The number of carboxylic acids is 1. The van der Waals surface area contributed by atoms with Gasteiger partial charge < -0.3 is 14.7 Å². The lowest BCUT2D eigenvalue weighted by molar-refractivity contribution is -0.130. The second-order valence-electron chi connectivity index (χ2n) is 6.67. The van der Waals surface area contributed by atoms with Crippen LogP contribution in [-0.2, 0) is 21.0 Å². The Kier molecular flexibility index (Phi) is 6.61. The Bertz CT molecular complexity index is 1060. The van der Waals surface area contributed by atoms with Crippen molar-refractivity contribution >= 4 is 38.7 Å². The third kappa shape index (κ3) is 4.81. The van der Waals surface area contributed by atoms with Crippen LogP contribution in [0.5, 0.6) is 0 Å². The van der Waals surface area contributed by atoms with Gasteiger partial charge in [0.1, 0.15) is 17.9 Å². The number of rotatable bonds is 8. The molecule has 0 amide bonds. The smallest absolute Gasteiger partial charge is 0.339 e. The second-order valence-corrected chi connectivity index (χ2v) is 7.58. The monoisotopic (exact) mass is 410 g/mol. The van der Waals surface area contributed by atoms with Crippen LogP contribution in [0.1, 0.15) is 30.7 Å². The number of fused-ring (bicyclic) bond motifs is 1. The topological polar surface area (TPSA) is 81.0 Å². The number of pyridine rings is 1. The van der Waals surface area contributed by atoms with Crippen LogP contribution >= 0.6 is 11.3 Å². The Morgan fingerprint density at radius 2 is 2.14 bits per heavy atom. The summed E-state index contributed by atoms with van der Waals surface area (Å²) in [5.41, 5.74) is 3.20. The Hall–Kier alpha value is -3.19. The molecule has 0 aliphatic heterocycles. The average Bonchev–Trinajstić information content (AvgIpc) is 3.12. The summed E-state index contributed by atoms with van der Waals surface area (Å²) in [4.78, 5) is 21.5. The number of carboxylic acid groups (broad SMARTS) is 1. The molecule has 2 aromatic heterocycles. The molecular weight excluding hydrogens is 388 g/mol. The maximum Gasteiger partial charge on any atom is 0.339 e. The van der Waals surface area contributed by atoms with Crippen molar-refractivity contribution in [1.29, 1.82) is 0 Å². The summed E-state index contributed by atoms with van der Waals surface area (Å²) in [6.45, 7) is 4.34. The van der Waals surface area contributed by atoms with E-state index in [0.717, 1.165) is 27.1 Å². The molecular formula is C22H22N2O4S. The van der Waals surface area contributed by atoms with E-state index in [0.29, 0.717) is 5.56 Å². The molecule has 3 aromatic rings. The normalized spacial score (nSPS) is 12.4. The third-order valence-electron chi connectivity index (χ3n) is 4.26. The van der Waals surface area contributed by atoms with E-state index in [9.17, 15) is 9.90 Å². The fourth-order valence-corrected chi connectivity index (χ4v) is 3.80. The standard InChI is InChI=1S/C22H22N2O4S/c1-14(2)21(19-6-4-5-9-23-19)24-28-11-15-7-8-20-16(10-15)18(13-29-20)17(12-27-3)22(25)26/h4-10,12-14H,11H2,1-3H3,(H,25,26). The highest BCUT2D eigenvalue weighted by Crippen LogP contribution is 2.32. The van der Waals surface area contributed by atoms with E-state index in [1.54, 1.807) is 6.20 Å². The number of hydrogen-bond donors (Lipinski definition) is 1. The van der Waals surface area contributed by atoms with Crippen molar-refractivity contribution in [3.05, 3.63) is 71.1 Å². The molecule has 0 spiro atoms. The maximum absolute atomic E-state index is 11.6. The molecule has 7 heteroatoms. The first kappa shape index (κ1) is 20.5. The summed E-state index contributed by atoms with van der Waals surface area (Å²) in [6.07, 6.45) is 2.98. The van der Waals surface area contributed by atoms with E-state index in [4.69, 9.17) is 9.57 Å². The molecule has 0 unspecified atom stereocenters. The number of aliphatic carboxylic acids is 1. The Balaban J connectivity index is 1.85. The van der Waals surface area contributed by atoms with Gasteiger partial charge in [0.25, 0.3) is 0 Å². The predicted octanol–water partition coefficient (Wildman–Crippen LogP) is 4.95. The highest BCUT2D eigenvalue weighted by atomic mass is 32.1. The fourth-order valence-electron chi connectivity index (χ4n) is 2.86. The number of aromatic nitrogens is 1. The van der Waals surface area contributed by atoms with Crippen molar-refractivity contribution in [3.63, 3.8) is 0 Å². The van der Waals surface area contributed by atoms with Crippen molar-refractivity contribution < 1.29 is 19.5 Å². The molecule has 0 aliphatic rings. The van der Waals surface area contributed by atoms with Gasteiger partial charge in [-0.3, -0.25) is 4.98 Å². The first-order chi connectivity index (χ1) is 14.0. The summed E-state index contributed by atoms with van der Waals surface area (Å²) >= 11 is 1.49. The number of methoxy groups -OCH3 is 1. The lowest BCUT2D eigenvalue weighted by Crippen LogP contribution is -2.11. The van der Waals surface area contributed by atoms with E-state index < -0.39 is 5.97 Å². The largest absolute Gasteiger partial charge is 0.503 e. The van der Waals surface area contributed by atoms with Crippen LogP contribution in [-0.4, -0.2) is 28.9 Å². The van der Waals surface area contributed by atoms with Gasteiger partial charge >= 0.3 is 5.97 Å². The van der Waals surface area contributed by atoms with Gasteiger partial charge in [0.15, 0.2) is 0 Å². The summed E-state index contributed by atoms with van der Waals surface area (Å²) in [5, 5.41) is 16.4. The molecule has 6 nitrogen and oxygen atoms in total. The minimum absolute atomic E-state index is 0.118. The van der Waals surface area contributed by atoms with E-state index in [2.05, 4.69) is 10.1 Å². The second kappa shape index (κ2) is 9.34. The quantitative estimate of drug-likeness (QED) is 0.246. The molecule has 0 radical (unpaired) electrons. The number of carbonyl (C=O) groups is 1. The van der Waals surface area contributed by atoms with Crippen LogP contribution in [0.2, 0.25) is 0 Å². The van der Waals surface area contributed by atoms with Gasteiger partial charge in [0.2, 0.25) is 0 Å². The lowest BCUT2D eigenvalue weighted by atomic mass is 10.0. The molecule has 0 aliphatic carbocycles. The van der Waals surface area contributed by atoms with Crippen LogP contribution in [0.4, 0.5) is 0 Å². The molecule has 150 valence electrons. The van der Waals surface area contributed by atoms with Crippen molar-refractivity contribution in [3.8, 4) is 0 Å². The molecule has 29 heavy (non-hydrogen) atoms. The number of thiophene rings is 1. The van der Waals surface area contributed by atoms with Crippen LogP contribution in [0, 0.1) is 5.92 Å². The van der Waals surface area contributed by atoms with Gasteiger partial charge in [0.05, 0.1) is 19.1 Å². The van der Waals surface area contributed by atoms with Crippen LogP contribution in [0.25, 0.3) is 15.7 Å². The van der Waals surface area contributed by atoms with E-state index in [1.165, 1.54) is 24.7 Å². The number of ether oxygens (including phenoxy) is 1. The molecule has 0 atom stereocenters. The van der Waals surface area contributed by atoms with Gasteiger partial charge in [-0.25, -0.2) is 4.79 Å². The van der Waals surface area contributed by atoms with E-state index >= 15 is 0 Å². The van der Waals surface area contributed by atoms with Crippen molar-refractivity contribution in [2.75, 3.05) is 7.11 Å². The Morgan fingerprint density at radius 1 is 1.31 bits per heavy atom. The zero-order valence-electron chi connectivity index (χ0n) is 16.5. The lowest BCUT2D eigenvalue weighted by Gasteiger charge is -2.09. The minimum Gasteiger partial charge on any atom is -0.503 e. The van der Waals surface area contributed by atoms with Gasteiger partial charge in [0, 0.05) is 33.1 Å². The Labute approximate surface area is 173 Å². The fraction of sp³-hybridized carbons (Fsp3) is 0.227. The molecule has 2 heterocycles. The highest BCUT2D eigenvalue weighted by Gasteiger charge is 2.16. The zero-order valence-corrected chi connectivity index (χ0v) is 17.3. The highest BCUT2D eigenvalue weighted by molar-refractivity contribution is 7.17. The van der Waals surface area contributed by atoms with Gasteiger partial charge in [-0.15, -0.1) is 11.3 Å². The van der Waals surface area contributed by atoms with Crippen LogP contribution < -0.4 is 0 Å². The summed E-state index contributed by atoms with van der Waals surface area (Å²) < 4.78 is 5.93. The molecule has 0 fully saturated rings. The van der Waals surface area contributed by atoms with E-state index in [-0.39, 0.29) is 18.1 Å². The summed E-state index contributed by atoms with van der Waals surface area (Å²) in [7, 11) is 1.43. The zero-order chi connectivity index (χ0) is 20.8. The predicted molar refractivity (Wildman–Crippen MR) is 115 cm³/mol. The first-order valence-electron chi connectivity index (χ1n) is 9.09. The first-order valence-corrected chi connectivity index (χ1v) is 9.97. The van der Waals surface area contributed by atoms with Crippen molar-refractivity contribution in [1.82, 2.24) is 4.98 Å². The van der Waals surface area contributed by atoms with Crippen LogP contribution in [0.3, 0.4) is 0 Å². The molecule has 3 rings (SSSR count). The van der Waals surface area contributed by atoms with Gasteiger partial charge in [-0.2, -0.15) is 0 Å². The number of oxime groups is 1. The summed E-state index contributed by atoms with van der Waals surface area (Å²) in [6, 6.07) is 11.5. The van der Waals surface area contributed by atoms with Crippen LogP contribution in [0.15, 0.2) is 59.4 Å². The van der Waals surface area contributed by atoms with E-state index in [1.807, 2.05) is 55.6 Å². The average molecular weight is 410 g/mol. The molecule has 0 saturated carbocycles. The molecule has 0 saturated heterocycles. The van der Waals surface area contributed by atoms with Crippen molar-refractivity contribution in [2.45, 2.75) is 20.5 Å². The number of nitrogens with zero attached hydrogens (tertiary/aromatic N) is 2. The molecule has 1 N–H and O–H groups in total. The maximum atomic E-state index is 11.6. The van der Waals surface area contributed by atoms with Gasteiger partial charge in [-0.1, -0.05) is 31.1 Å². The number of benzene rings is 1. The number of hydrogen-bond acceptors (Lipinski definition) is 6. The Morgan fingerprint density at radius 3 is 2.79 bits per heavy atom.